The van der Waals surface area contributed by atoms with E-state index in [0.717, 1.165) is 43.3 Å². The van der Waals surface area contributed by atoms with E-state index < -0.39 is 0 Å². The molecule has 0 bridgehead atoms. The van der Waals surface area contributed by atoms with Crippen LogP contribution in [0.4, 0.5) is 11.4 Å². The zero-order valence-corrected chi connectivity index (χ0v) is 20.7. The van der Waals surface area contributed by atoms with Crippen LogP contribution in [-0.2, 0) is 5.54 Å². The second kappa shape index (κ2) is 9.87. The quantitative estimate of drug-likeness (QED) is 0.371. The number of nitrogens with zero attached hydrogens (tertiary/aromatic N) is 7. The largest absolute Gasteiger partial charge is 0.493 e. The van der Waals surface area contributed by atoms with Gasteiger partial charge in [-0.3, -0.25) is 15.0 Å². The molecule has 0 saturated carbocycles. The molecule has 0 N–H and O–H groups in total. The highest BCUT2D eigenvalue weighted by Crippen LogP contribution is 2.36. The minimum atomic E-state index is -0.380. The van der Waals surface area contributed by atoms with Gasteiger partial charge in [0.1, 0.15) is 0 Å². The van der Waals surface area contributed by atoms with E-state index in [0.29, 0.717) is 11.5 Å². The minimum absolute atomic E-state index is 0.0925. The third-order valence-corrected chi connectivity index (χ3v) is 6.20. The highest BCUT2D eigenvalue weighted by Gasteiger charge is 2.34. The Kier molecular flexibility index (Phi) is 6.88. The summed E-state index contributed by atoms with van der Waals surface area (Å²) >= 11 is 0. The summed E-state index contributed by atoms with van der Waals surface area (Å²) in [5.74, 6) is 2.07. The van der Waals surface area contributed by atoms with Crippen LogP contribution in [-0.4, -0.2) is 70.4 Å². The van der Waals surface area contributed by atoms with E-state index in [-0.39, 0.29) is 22.2 Å². The number of nitro benzene ring substituents is 1. The molecule has 4 rings (SSSR count). The number of hydrogen-bond donors (Lipinski definition) is 0. The number of tetrazole rings is 1. The molecule has 11 nitrogen and oxygen atoms in total. The van der Waals surface area contributed by atoms with Crippen molar-refractivity contribution in [2.24, 2.45) is 0 Å². The molecule has 0 amide bonds. The first-order valence-electron chi connectivity index (χ1n) is 11.5. The molecule has 1 saturated heterocycles. The van der Waals surface area contributed by atoms with E-state index in [1.165, 1.54) is 0 Å². The lowest BCUT2D eigenvalue weighted by Gasteiger charge is -2.40. The Hall–Kier alpha value is -3.73. The first-order chi connectivity index (χ1) is 16.7. The van der Waals surface area contributed by atoms with Crippen molar-refractivity contribution < 1.29 is 14.4 Å². The molecular weight excluding hydrogens is 450 g/mol. The fraction of sp³-hybridized carbons (Fsp3) is 0.458. The predicted molar refractivity (Wildman–Crippen MR) is 131 cm³/mol. The van der Waals surface area contributed by atoms with Crippen LogP contribution in [0.2, 0.25) is 0 Å². The van der Waals surface area contributed by atoms with Gasteiger partial charge in [-0.1, -0.05) is 6.07 Å². The number of piperazine rings is 1. The van der Waals surface area contributed by atoms with Crippen molar-refractivity contribution in [3.05, 3.63) is 64.0 Å². The normalized spacial score (nSPS) is 15.6. The molecule has 0 radical (unpaired) electrons. The molecule has 1 atom stereocenters. The maximum absolute atomic E-state index is 11.0. The first kappa shape index (κ1) is 24.4. The Bertz CT molecular complexity index is 1170. The summed E-state index contributed by atoms with van der Waals surface area (Å²) in [4.78, 5) is 15.2. The van der Waals surface area contributed by atoms with Crippen molar-refractivity contribution in [3.8, 4) is 11.5 Å². The number of non-ortho nitro benzene ring substituents is 1. The molecule has 1 fully saturated rings. The van der Waals surface area contributed by atoms with Gasteiger partial charge in [-0.15, -0.1) is 5.10 Å². The van der Waals surface area contributed by atoms with Crippen molar-refractivity contribution >= 4 is 11.4 Å². The van der Waals surface area contributed by atoms with Crippen LogP contribution in [0.5, 0.6) is 11.5 Å². The second-order valence-electron chi connectivity index (χ2n) is 9.43. The Morgan fingerprint density at radius 3 is 2.20 bits per heavy atom. The Morgan fingerprint density at radius 2 is 1.63 bits per heavy atom. The van der Waals surface area contributed by atoms with Crippen molar-refractivity contribution in [2.45, 2.75) is 32.4 Å². The summed E-state index contributed by atoms with van der Waals surface area (Å²) < 4.78 is 12.9. The zero-order valence-electron chi connectivity index (χ0n) is 20.7. The molecule has 1 aliphatic rings. The molecule has 2 heterocycles. The topological polar surface area (TPSA) is 112 Å². The van der Waals surface area contributed by atoms with Gasteiger partial charge >= 0.3 is 0 Å². The highest BCUT2D eigenvalue weighted by molar-refractivity contribution is 5.51. The molecule has 0 unspecified atom stereocenters. The van der Waals surface area contributed by atoms with Crippen LogP contribution in [0, 0.1) is 10.1 Å². The average molecular weight is 482 g/mol. The van der Waals surface area contributed by atoms with Crippen LogP contribution in [0.25, 0.3) is 0 Å². The molecule has 35 heavy (non-hydrogen) atoms. The molecule has 11 heteroatoms. The minimum Gasteiger partial charge on any atom is -0.493 e. The summed E-state index contributed by atoms with van der Waals surface area (Å²) in [5, 5.41) is 23.7. The lowest BCUT2D eigenvalue weighted by atomic mass is 10.0. The lowest BCUT2D eigenvalue weighted by molar-refractivity contribution is -0.384. The molecule has 0 aliphatic carbocycles. The maximum atomic E-state index is 11.0. The predicted octanol–water partition coefficient (Wildman–Crippen LogP) is 3.27. The number of benzene rings is 2. The second-order valence-corrected chi connectivity index (χ2v) is 9.43. The smallest absolute Gasteiger partial charge is 0.269 e. The zero-order chi connectivity index (χ0) is 25.2. The van der Waals surface area contributed by atoms with Crippen molar-refractivity contribution in [1.82, 2.24) is 25.1 Å². The van der Waals surface area contributed by atoms with Crippen LogP contribution in [0.3, 0.4) is 0 Å². The van der Waals surface area contributed by atoms with Gasteiger partial charge in [0.25, 0.3) is 5.69 Å². The molecule has 1 aliphatic heterocycles. The van der Waals surface area contributed by atoms with Gasteiger partial charge in [0.2, 0.25) is 0 Å². The summed E-state index contributed by atoms with van der Waals surface area (Å²) in [6, 6.07) is 12.4. The molecule has 1 aromatic heterocycles. The number of methoxy groups -OCH3 is 2. The third-order valence-electron chi connectivity index (χ3n) is 6.20. The van der Waals surface area contributed by atoms with Crippen LogP contribution in [0.1, 0.15) is 38.2 Å². The van der Waals surface area contributed by atoms with E-state index in [1.54, 1.807) is 38.5 Å². The Morgan fingerprint density at radius 1 is 0.971 bits per heavy atom. The molecule has 0 spiro atoms. The van der Waals surface area contributed by atoms with Gasteiger partial charge in [0, 0.05) is 44.0 Å². The fourth-order valence-electron chi connectivity index (χ4n) is 4.41. The molecular formula is C24H31N7O4. The Balaban J connectivity index is 1.64. The van der Waals surface area contributed by atoms with Crippen molar-refractivity contribution in [2.75, 3.05) is 45.3 Å². The van der Waals surface area contributed by atoms with Crippen LogP contribution >= 0.6 is 0 Å². The van der Waals surface area contributed by atoms with E-state index >= 15 is 0 Å². The maximum Gasteiger partial charge on any atom is 0.269 e. The number of rotatable bonds is 7. The van der Waals surface area contributed by atoms with Gasteiger partial charge in [-0.05, 0) is 61.0 Å². The summed E-state index contributed by atoms with van der Waals surface area (Å²) in [6.45, 7) is 9.26. The molecule has 3 aromatic rings. The number of aromatic nitrogens is 4. The van der Waals surface area contributed by atoms with Gasteiger partial charge in [0.05, 0.1) is 30.7 Å². The van der Waals surface area contributed by atoms with E-state index in [4.69, 9.17) is 9.47 Å². The standard InChI is InChI=1S/C24H31N7O4/c1-24(2,3)30-23(25-26-27-30)22(17-6-11-20(34-4)21(16-17)35-5)29-14-12-28(13-15-29)18-7-9-19(10-8-18)31(32)33/h6-11,16,22H,12-15H2,1-5H3/t22-/m0/s1. The average Bonchev–Trinajstić information content (AvgIpc) is 3.35. The van der Waals surface area contributed by atoms with Gasteiger partial charge < -0.3 is 14.4 Å². The van der Waals surface area contributed by atoms with Crippen LogP contribution in [0.15, 0.2) is 42.5 Å². The van der Waals surface area contributed by atoms with E-state index in [2.05, 4.69) is 46.1 Å². The number of anilines is 1. The van der Waals surface area contributed by atoms with Crippen LogP contribution < -0.4 is 14.4 Å². The monoisotopic (exact) mass is 481 g/mol. The summed E-state index contributed by atoms with van der Waals surface area (Å²) in [5.41, 5.74) is 1.77. The summed E-state index contributed by atoms with van der Waals surface area (Å²) in [6.07, 6.45) is 0. The number of ether oxygens (including phenoxy) is 2. The van der Waals surface area contributed by atoms with Crippen molar-refractivity contribution in [3.63, 3.8) is 0 Å². The van der Waals surface area contributed by atoms with E-state index in [1.807, 2.05) is 22.9 Å². The van der Waals surface area contributed by atoms with Gasteiger partial charge in [-0.25, -0.2) is 4.68 Å². The third kappa shape index (κ3) is 5.04. The van der Waals surface area contributed by atoms with Crippen molar-refractivity contribution in [1.29, 1.82) is 0 Å². The van der Waals surface area contributed by atoms with Gasteiger partial charge in [-0.2, -0.15) is 0 Å². The summed E-state index contributed by atoms with van der Waals surface area (Å²) in [7, 11) is 3.24. The highest BCUT2D eigenvalue weighted by atomic mass is 16.6. The number of hydrogen-bond acceptors (Lipinski definition) is 9. The van der Waals surface area contributed by atoms with E-state index in [9.17, 15) is 10.1 Å². The SMILES string of the molecule is COc1ccc([C@@H](c2nnnn2C(C)(C)C)N2CCN(c3ccc([N+](=O)[O-])cc3)CC2)cc1OC. The Labute approximate surface area is 204 Å². The van der Waals surface area contributed by atoms with Gasteiger partial charge in [0.15, 0.2) is 17.3 Å². The molecule has 2 aromatic carbocycles. The lowest BCUT2D eigenvalue weighted by Crippen LogP contribution is -2.48. The first-order valence-corrected chi connectivity index (χ1v) is 11.5. The number of nitro groups is 1. The fourth-order valence-corrected chi connectivity index (χ4v) is 4.41. The molecule has 186 valence electrons.